The van der Waals surface area contributed by atoms with E-state index in [9.17, 15) is 4.79 Å². The molecule has 2 aliphatic heterocycles. The summed E-state index contributed by atoms with van der Waals surface area (Å²) in [5, 5.41) is 0. The number of pyridine rings is 1. The maximum Gasteiger partial charge on any atom is 0.222 e. The van der Waals surface area contributed by atoms with Gasteiger partial charge in [-0.15, -0.1) is 0 Å². The minimum atomic E-state index is 0.302. The number of carbonyl (C=O) groups excluding carboxylic acids is 1. The fourth-order valence-corrected chi connectivity index (χ4v) is 5.17. The van der Waals surface area contributed by atoms with Crippen LogP contribution in [-0.4, -0.2) is 51.3 Å². The summed E-state index contributed by atoms with van der Waals surface area (Å²) in [5.74, 6) is 1.17. The summed E-state index contributed by atoms with van der Waals surface area (Å²) in [7, 11) is 0. The highest BCUT2D eigenvalue weighted by Crippen LogP contribution is 2.41. The maximum atomic E-state index is 12.4. The van der Waals surface area contributed by atoms with Crippen LogP contribution in [0.5, 0.6) is 0 Å². The van der Waals surface area contributed by atoms with Gasteiger partial charge in [-0.3, -0.25) is 9.69 Å². The van der Waals surface area contributed by atoms with Gasteiger partial charge in [-0.1, -0.05) is 6.07 Å². The van der Waals surface area contributed by atoms with Crippen molar-refractivity contribution in [3.05, 3.63) is 35.8 Å². The number of piperidine rings is 2. The van der Waals surface area contributed by atoms with Gasteiger partial charge in [0, 0.05) is 50.4 Å². The molecule has 0 radical (unpaired) electrons. The number of rotatable bonds is 4. The zero-order valence-corrected chi connectivity index (χ0v) is 16.4. The summed E-state index contributed by atoms with van der Waals surface area (Å²) in [6.45, 7) is 7.27. The van der Waals surface area contributed by atoms with Gasteiger partial charge < -0.3 is 9.30 Å². The van der Waals surface area contributed by atoms with Crippen LogP contribution >= 0.6 is 0 Å². The van der Waals surface area contributed by atoms with E-state index in [0.717, 1.165) is 62.8 Å². The number of likely N-dealkylation sites (tertiary alicyclic amines) is 2. The number of nitrogens with zero attached hydrogens (tertiary/aromatic N) is 4. The topological polar surface area (TPSA) is 40.9 Å². The van der Waals surface area contributed by atoms with Crippen molar-refractivity contribution in [2.75, 3.05) is 26.2 Å². The largest absolute Gasteiger partial charge is 0.342 e. The molecule has 1 amide bonds. The molecular weight excluding hydrogens is 336 g/mol. The van der Waals surface area contributed by atoms with Gasteiger partial charge in [-0.25, -0.2) is 4.98 Å². The second-order valence-corrected chi connectivity index (χ2v) is 9.19. The number of imidazole rings is 1. The van der Waals surface area contributed by atoms with E-state index in [2.05, 4.69) is 45.7 Å². The summed E-state index contributed by atoms with van der Waals surface area (Å²) in [5.41, 5.74) is 3.75. The molecule has 5 rings (SSSR count). The summed E-state index contributed by atoms with van der Waals surface area (Å²) >= 11 is 0. The normalized spacial score (nSPS) is 27.0. The fourth-order valence-electron chi connectivity index (χ4n) is 5.17. The Morgan fingerprint density at radius 3 is 2.96 bits per heavy atom. The molecule has 2 aromatic rings. The van der Waals surface area contributed by atoms with Gasteiger partial charge in [0.1, 0.15) is 5.65 Å². The van der Waals surface area contributed by atoms with Gasteiger partial charge in [-0.2, -0.15) is 0 Å². The molecule has 0 unspecified atom stereocenters. The minimum absolute atomic E-state index is 0.302. The third kappa shape index (κ3) is 3.49. The molecule has 1 atom stereocenters. The molecule has 0 N–H and O–H groups in total. The lowest BCUT2D eigenvalue weighted by Gasteiger charge is -2.48. The zero-order chi connectivity index (χ0) is 18.4. The van der Waals surface area contributed by atoms with Crippen LogP contribution < -0.4 is 0 Å². The van der Waals surface area contributed by atoms with Gasteiger partial charge in [0.2, 0.25) is 5.91 Å². The zero-order valence-electron chi connectivity index (χ0n) is 16.4. The number of carbonyl (C=O) groups is 1. The van der Waals surface area contributed by atoms with E-state index in [1.54, 1.807) is 0 Å². The monoisotopic (exact) mass is 366 g/mol. The van der Waals surface area contributed by atoms with E-state index >= 15 is 0 Å². The molecular formula is C22H30N4O. The van der Waals surface area contributed by atoms with Gasteiger partial charge in [-0.05, 0) is 63.1 Å². The molecule has 0 aromatic carbocycles. The van der Waals surface area contributed by atoms with Crippen LogP contribution in [0.25, 0.3) is 5.65 Å². The summed E-state index contributed by atoms with van der Waals surface area (Å²) < 4.78 is 2.14. The first-order valence-electron chi connectivity index (χ1n) is 10.5. The van der Waals surface area contributed by atoms with Crippen molar-refractivity contribution in [2.45, 2.75) is 52.0 Å². The smallest absolute Gasteiger partial charge is 0.222 e. The van der Waals surface area contributed by atoms with Crippen LogP contribution in [0.15, 0.2) is 24.5 Å². The molecule has 1 spiro atoms. The Balaban J connectivity index is 1.29. The quantitative estimate of drug-likeness (QED) is 0.834. The van der Waals surface area contributed by atoms with E-state index in [1.807, 2.05) is 0 Å². The molecule has 3 fully saturated rings. The lowest BCUT2D eigenvalue weighted by atomic mass is 9.73. The first-order valence-corrected chi connectivity index (χ1v) is 10.5. The molecule has 27 heavy (non-hydrogen) atoms. The number of aromatic nitrogens is 2. The van der Waals surface area contributed by atoms with Gasteiger partial charge in [0.25, 0.3) is 0 Å². The fraction of sp³-hybridized carbons (Fsp3) is 0.636. The molecule has 2 aromatic heterocycles. The molecule has 5 heteroatoms. The third-order valence-corrected chi connectivity index (χ3v) is 6.78. The van der Waals surface area contributed by atoms with E-state index in [1.165, 1.54) is 31.2 Å². The average Bonchev–Trinajstić information content (AvgIpc) is 3.36. The average molecular weight is 367 g/mol. The van der Waals surface area contributed by atoms with Crippen molar-refractivity contribution in [1.82, 2.24) is 19.2 Å². The molecule has 144 valence electrons. The predicted octanol–water partition coefficient (Wildman–Crippen LogP) is 3.26. The second-order valence-electron chi connectivity index (χ2n) is 9.19. The SMILES string of the molecule is Cc1cccn2cc(CN3CCC[C@]4(CCC(=O)N(CC5CC5)C4)C3)nc12. The van der Waals surface area contributed by atoms with Crippen molar-refractivity contribution < 1.29 is 4.79 Å². The molecule has 1 aliphatic carbocycles. The Morgan fingerprint density at radius 2 is 2.15 bits per heavy atom. The third-order valence-electron chi connectivity index (χ3n) is 6.78. The first-order chi connectivity index (χ1) is 13.1. The Labute approximate surface area is 161 Å². The summed E-state index contributed by atoms with van der Waals surface area (Å²) in [6, 6.07) is 4.20. The summed E-state index contributed by atoms with van der Waals surface area (Å²) in [6.07, 6.45) is 11.2. The molecule has 1 saturated carbocycles. The lowest BCUT2D eigenvalue weighted by Crippen LogP contribution is -2.54. The van der Waals surface area contributed by atoms with Crippen LogP contribution in [0.2, 0.25) is 0 Å². The number of fused-ring (bicyclic) bond motifs is 1. The Bertz CT molecular complexity index is 855. The predicted molar refractivity (Wildman–Crippen MR) is 105 cm³/mol. The van der Waals surface area contributed by atoms with E-state index < -0.39 is 0 Å². The Hall–Kier alpha value is -1.88. The highest BCUT2D eigenvalue weighted by Gasteiger charge is 2.42. The number of amides is 1. The highest BCUT2D eigenvalue weighted by atomic mass is 16.2. The van der Waals surface area contributed by atoms with Crippen LogP contribution in [-0.2, 0) is 11.3 Å². The standard InChI is InChI=1S/C22H30N4O/c1-17-4-2-11-25-14-19(23-21(17)25)13-24-10-3-8-22(15-24)9-7-20(27)26(16-22)12-18-5-6-18/h2,4,11,14,18H,3,5-10,12-13,15-16H2,1H3/t22-/m0/s1. The molecule has 4 heterocycles. The van der Waals surface area contributed by atoms with Gasteiger partial charge in [0.15, 0.2) is 0 Å². The van der Waals surface area contributed by atoms with Crippen molar-refractivity contribution in [3.63, 3.8) is 0 Å². The van der Waals surface area contributed by atoms with Crippen LogP contribution in [0.3, 0.4) is 0 Å². The van der Waals surface area contributed by atoms with E-state index in [-0.39, 0.29) is 0 Å². The van der Waals surface area contributed by atoms with Crippen molar-refractivity contribution >= 4 is 11.6 Å². The Morgan fingerprint density at radius 1 is 1.26 bits per heavy atom. The number of aryl methyl sites for hydroxylation is 1. The van der Waals surface area contributed by atoms with Crippen molar-refractivity contribution in [2.24, 2.45) is 11.3 Å². The minimum Gasteiger partial charge on any atom is -0.342 e. The maximum absolute atomic E-state index is 12.4. The lowest BCUT2D eigenvalue weighted by molar-refractivity contribution is -0.139. The number of hydrogen-bond donors (Lipinski definition) is 0. The van der Waals surface area contributed by atoms with Gasteiger partial charge >= 0.3 is 0 Å². The summed E-state index contributed by atoms with van der Waals surface area (Å²) in [4.78, 5) is 22.0. The number of hydrogen-bond acceptors (Lipinski definition) is 3. The molecule has 5 nitrogen and oxygen atoms in total. The van der Waals surface area contributed by atoms with E-state index in [4.69, 9.17) is 4.98 Å². The van der Waals surface area contributed by atoms with E-state index in [0.29, 0.717) is 11.3 Å². The molecule has 2 saturated heterocycles. The van der Waals surface area contributed by atoms with Crippen LogP contribution in [0, 0.1) is 18.3 Å². The van der Waals surface area contributed by atoms with Crippen molar-refractivity contribution in [3.8, 4) is 0 Å². The highest BCUT2D eigenvalue weighted by molar-refractivity contribution is 5.77. The van der Waals surface area contributed by atoms with Crippen LogP contribution in [0.4, 0.5) is 0 Å². The van der Waals surface area contributed by atoms with Gasteiger partial charge in [0.05, 0.1) is 5.69 Å². The first kappa shape index (κ1) is 17.2. The second kappa shape index (κ2) is 6.62. The molecule has 0 bridgehead atoms. The van der Waals surface area contributed by atoms with Crippen LogP contribution in [0.1, 0.15) is 49.8 Å². The molecule has 3 aliphatic rings. The van der Waals surface area contributed by atoms with Crippen molar-refractivity contribution in [1.29, 1.82) is 0 Å². The Kier molecular flexibility index (Phi) is 4.23.